The minimum Gasteiger partial charge on any atom is -0.481 e. The normalized spacial score (nSPS) is 33.0. The summed E-state index contributed by atoms with van der Waals surface area (Å²) in [6.07, 6.45) is -3.24. The van der Waals surface area contributed by atoms with Crippen molar-refractivity contribution in [2.24, 2.45) is 0 Å². The fourth-order valence-electron chi connectivity index (χ4n) is 2.20. The molecule has 0 radical (unpaired) electrons. The fourth-order valence-corrected chi connectivity index (χ4v) is 2.20. The van der Waals surface area contributed by atoms with Gasteiger partial charge in [-0.1, -0.05) is 12.8 Å². The van der Waals surface area contributed by atoms with Gasteiger partial charge in [0.1, 0.15) is 24.4 Å². The topological polar surface area (TPSA) is 137 Å². The Morgan fingerprint density at radius 2 is 1.71 bits per heavy atom. The second kappa shape index (κ2) is 9.29. The largest absolute Gasteiger partial charge is 0.481 e. The van der Waals surface area contributed by atoms with Gasteiger partial charge in [0.05, 0.1) is 6.61 Å². The molecule has 1 heterocycles. The number of hydrogen-bond donors (Lipinski definition) is 5. The number of carbonyl (C=O) groups is 1. The van der Waals surface area contributed by atoms with E-state index >= 15 is 0 Å². The molecule has 8 heteroatoms. The average Bonchev–Trinajstić information content (AvgIpc) is 2.44. The molecule has 1 aliphatic rings. The van der Waals surface area contributed by atoms with Gasteiger partial charge in [-0.3, -0.25) is 4.79 Å². The maximum absolute atomic E-state index is 10.3. The van der Waals surface area contributed by atoms with E-state index in [4.69, 9.17) is 19.7 Å². The van der Waals surface area contributed by atoms with Crippen LogP contribution in [0.25, 0.3) is 0 Å². The molecule has 0 aromatic carbocycles. The van der Waals surface area contributed by atoms with Crippen LogP contribution >= 0.6 is 0 Å². The minimum absolute atomic E-state index is 0.142. The Hall–Kier alpha value is -0.770. The number of aliphatic carboxylic acids is 1. The minimum atomic E-state index is -1.41. The second-order valence-corrected chi connectivity index (χ2v) is 5.12. The molecule has 0 saturated carbocycles. The quantitative estimate of drug-likeness (QED) is 0.336. The monoisotopic (exact) mass is 308 g/mol. The SMILES string of the molecule is O=C(O)CCCCCCO[C@H]1[C@@H](O)[C@H](O)[C@@H](CO)O[C@@H]1O. The molecule has 1 aliphatic heterocycles. The van der Waals surface area contributed by atoms with Gasteiger partial charge in [0.25, 0.3) is 0 Å². The van der Waals surface area contributed by atoms with Crippen LogP contribution in [-0.4, -0.2) is 75.4 Å². The summed E-state index contributed by atoms with van der Waals surface area (Å²) >= 11 is 0. The van der Waals surface area contributed by atoms with Crippen LogP contribution in [0.5, 0.6) is 0 Å². The molecule has 0 amide bonds. The number of rotatable bonds is 9. The molecule has 124 valence electrons. The smallest absolute Gasteiger partial charge is 0.303 e. The van der Waals surface area contributed by atoms with Crippen molar-refractivity contribution in [3.8, 4) is 0 Å². The lowest BCUT2D eigenvalue weighted by Crippen LogP contribution is -2.59. The first-order valence-electron chi connectivity index (χ1n) is 7.11. The van der Waals surface area contributed by atoms with Gasteiger partial charge in [0.2, 0.25) is 0 Å². The fraction of sp³-hybridized carbons (Fsp3) is 0.923. The zero-order valence-corrected chi connectivity index (χ0v) is 11.8. The van der Waals surface area contributed by atoms with E-state index in [1.165, 1.54) is 0 Å². The van der Waals surface area contributed by atoms with Crippen LogP contribution in [-0.2, 0) is 14.3 Å². The molecule has 1 saturated heterocycles. The van der Waals surface area contributed by atoms with Crippen molar-refractivity contribution < 1.29 is 39.8 Å². The van der Waals surface area contributed by atoms with Crippen LogP contribution in [0.15, 0.2) is 0 Å². The van der Waals surface area contributed by atoms with E-state index in [1.807, 2.05) is 0 Å². The highest BCUT2D eigenvalue weighted by Gasteiger charge is 2.44. The highest BCUT2D eigenvalue weighted by atomic mass is 16.7. The molecule has 5 atom stereocenters. The molecule has 21 heavy (non-hydrogen) atoms. The first-order valence-corrected chi connectivity index (χ1v) is 7.11. The molecule has 0 aromatic heterocycles. The third-order valence-electron chi connectivity index (χ3n) is 3.44. The Balaban J connectivity index is 2.20. The highest BCUT2D eigenvalue weighted by Crippen LogP contribution is 2.22. The van der Waals surface area contributed by atoms with E-state index < -0.39 is 43.3 Å². The first kappa shape index (κ1) is 18.3. The lowest BCUT2D eigenvalue weighted by molar-refractivity contribution is -0.296. The second-order valence-electron chi connectivity index (χ2n) is 5.12. The molecule has 0 bridgehead atoms. The third kappa shape index (κ3) is 5.85. The van der Waals surface area contributed by atoms with Crippen molar-refractivity contribution >= 4 is 5.97 Å². The van der Waals surface area contributed by atoms with Gasteiger partial charge < -0.3 is 35.0 Å². The molecular formula is C13H24O8. The predicted octanol–water partition coefficient (Wildman–Crippen LogP) is -1.16. The average molecular weight is 308 g/mol. The van der Waals surface area contributed by atoms with Crippen LogP contribution in [0, 0.1) is 0 Å². The van der Waals surface area contributed by atoms with Crippen molar-refractivity contribution in [3.63, 3.8) is 0 Å². The summed E-state index contributed by atoms with van der Waals surface area (Å²) in [5.74, 6) is -0.815. The first-order chi connectivity index (χ1) is 9.97. The molecule has 1 rings (SSSR count). The van der Waals surface area contributed by atoms with E-state index in [-0.39, 0.29) is 13.0 Å². The van der Waals surface area contributed by atoms with Gasteiger partial charge in [-0.25, -0.2) is 0 Å². The van der Waals surface area contributed by atoms with Gasteiger partial charge in [0.15, 0.2) is 6.29 Å². The highest BCUT2D eigenvalue weighted by molar-refractivity contribution is 5.66. The number of hydrogen-bond acceptors (Lipinski definition) is 7. The molecule has 8 nitrogen and oxygen atoms in total. The molecular weight excluding hydrogens is 284 g/mol. The Morgan fingerprint density at radius 3 is 2.33 bits per heavy atom. The van der Waals surface area contributed by atoms with Crippen molar-refractivity contribution in [2.75, 3.05) is 13.2 Å². The van der Waals surface area contributed by atoms with E-state index in [9.17, 15) is 20.1 Å². The molecule has 0 aromatic rings. The van der Waals surface area contributed by atoms with Crippen LogP contribution in [0.4, 0.5) is 0 Å². The Kier molecular flexibility index (Phi) is 8.09. The van der Waals surface area contributed by atoms with Gasteiger partial charge in [-0.2, -0.15) is 0 Å². The van der Waals surface area contributed by atoms with E-state index in [0.717, 1.165) is 12.8 Å². The number of ether oxygens (including phenoxy) is 2. The van der Waals surface area contributed by atoms with Crippen molar-refractivity contribution in [3.05, 3.63) is 0 Å². The van der Waals surface area contributed by atoms with Crippen LogP contribution in [0.2, 0.25) is 0 Å². The standard InChI is InChI=1S/C13H24O8/c14-7-8-10(17)11(18)12(13(19)21-8)20-6-4-2-1-3-5-9(15)16/h8,10-14,17-19H,1-7H2,(H,15,16)/t8-,10-,11+,12+,13+/m1/s1. The summed E-state index contributed by atoms with van der Waals surface area (Å²) in [4.78, 5) is 10.3. The molecule has 0 spiro atoms. The van der Waals surface area contributed by atoms with Gasteiger partial charge in [0, 0.05) is 13.0 Å². The summed E-state index contributed by atoms with van der Waals surface area (Å²) in [6.45, 7) is -0.253. The summed E-state index contributed by atoms with van der Waals surface area (Å²) < 4.78 is 10.3. The Morgan fingerprint density at radius 1 is 1.05 bits per heavy atom. The maximum atomic E-state index is 10.3. The maximum Gasteiger partial charge on any atom is 0.303 e. The number of carboxylic acid groups (broad SMARTS) is 1. The van der Waals surface area contributed by atoms with Gasteiger partial charge >= 0.3 is 5.97 Å². The molecule has 0 unspecified atom stereocenters. The van der Waals surface area contributed by atoms with Crippen LogP contribution in [0.3, 0.4) is 0 Å². The summed E-state index contributed by atoms with van der Waals surface area (Å²) in [7, 11) is 0. The van der Waals surface area contributed by atoms with Crippen molar-refractivity contribution in [2.45, 2.75) is 62.8 Å². The van der Waals surface area contributed by atoms with Crippen molar-refractivity contribution in [1.82, 2.24) is 0 Å². The van der Waals surface area contributed by atoms with Crippen LogP contribution < -0.4 is 0 Å². The number of aliphatic hydroxyl groups is 4. The van der Waals surface area contributed by atoms with E-state index in [0.29, 0.717) is 12.8 Å². The molecule has 0 aliphatic carbocycles. The summed E-state index contributed by atoms with van der Waals surface area (Å²) in [6, 6.07) is 0. The lowest BCUT2D eigenvalue weighted by Gasteiger charge is -2.39. The molecule has 5 N–H and O–H groups in total. The summed E-state index contributed by atoms with van der Waals surface area (Å²) in [5.41, 5.74) is 0. The number of unbranched alkanes of at least 4 members (excludes halogenated alkanes) is 3. The number of carboxylic acids is 1. The Labute approximate surface area is 122 Å². The van der Waals surface area contributed by atoms with Gasteiger partial charge in [-0.05, 0) is 12.8 Å². The zero-order valence-electron chi connectivity index (χ0n) is 11.8. The van der Waals surface area contributed by atoms with Gasteiger partial charge in [-0.15, -0.1) is 0 Å². The van der Waals surface area contributed by atoms with Crippen molar-refractivity contribution in [1.29, 1.82) is 0 Å². The third-order valence-corrected chi connectivity index (χ3v) is 3.44. The number of aliphatic hydroxyl groups excluding tert-OH is 4. The Bertz CT molecular complexity index is 311. The summed E-state index contributed by atoms with van der Waals surface area (Å²) in [5, 5.41) is 46.6. The van der Waals surface area contributed by atoms with E-state index in [2.05, 4.69) is 0 Å². The zero-order chi connectivity index (χ0) is 15.8. The predicted molar refractivity (Wildman–Crippen MR) is 70.4 cm³/mol. The van der Waals surface area contributed by atoms with E-state index in [1.54, 1.807) is 0 Å². The molecule has 1 fully saturated rings. The lowest BCUT2D eigenvalue weighted by atomic mass is 9.99. The van der Waals surface area contributed by atoms with Crippen LogP contribution in [0.1, 0.15) is 32.1 Å².